The number of aryl methyl sites for hydroxylation is 1. The summed E-state index contributed by atoms with van der Waals surface area (Å²) in [6, 6.07) is 0. The van der Waals surface area contributed by atoms with Crippen molar-refractivity contribution in [2.24, 2.45) is 0 Å². The van der Waals surface area contributed by atoms with Gasteiger partial charge in [-0.2, -0.15) is 0 Å². The number of hydrogen-bond acceptors (Lipinski definition) is 5. The molecular formula is C9H13N3O4. The topological polar surface area (TPSA) is 98.3 Å². The standard InChI is InChI=1S/C9H13N3O4/c1-7-10-6-8(12(15)16)9(14)11(7)4-2-3-5-13/h6,13H,2-5H2,1H3. The van der Waals surface area contributed by atoms with Gasteiger partial charge in [-0.25, -0.2) is 4.98 Å². The van der Waals surface area contributed by atoms with Crippen LogP contribution in [0.5, 0.6) is 0 Å². The first kappa shape index (κ1) is 12.3. The van der Waals surface area contributed by atoms with Gasteiger partial charge in [0.25, 0.3) is 0 Å². The number of nitrogens with zero attached hydrogens (tertiary/aromatic N) is 3. The molecule has 0 amide bonds. The molecule has 16 heavy (non-hydrogen) atoms. The first-order valence-corrected chi connectivity index (χ1v) is 4.89. The largest absolute Gasteiger partial charge is 0.396 e. The predicted octanol–water partition coefficient (Wildman–Crippen LogP) is 0.232. The molecule has 0 spiro atoms. The summed E-state index contributed by atoms with van der Waals surface area (Å²) in [5.74, 6) is 0.438. The third kappa shape index (κ3) is 2.63. The Bertz CT molecular complexity index is 441. The van der Waals surface area contributed by atoms with Crippen LogP contribution in [0.3, 0.4) is 0 Å². The van der Waals surface area contributed by atoms with E-state index in [1.54, 1.807) is 6.92 Å². The van der Waals surface area contributed by atoms with E-state index in [1.165, 1.54) is 4.57 Å². The lowest BCUT2D eigenvalue weighted by Crippen LogP contribution is -2.25. The Morgan fingerprint density at radius 2 is 2.25 bits per heavy atom. The van der Waals surface area contributed by atoms with E-state index in [1.807, 2.05) is 0 Å². The molecule has 7 heteroatoms. The van der Waals surface area contributed by atoms with E-state index in [4.69, 9.17) is 5.11 Å². The fraction of sp³-hybridized carbons (Fsp3) is 0.556. The number of aliphatic hydroxyl groups is 1. The average Bonchev–Trinajstić information content (AvgIpc) is 2.22. The Kier molecular flexibility index (Phi) is 4.12. The molecule has 0 aliphatic rings. The number of hydrogen-bond donors (Lipinski definition) is 1. The third-order valence-electron chi connectivity index (χ3n) is 2.22. The van der Waals surface area contributed by atoms with Crippen LogP contribution in [0.25, 0.3) is 0 Å². The molecule has 1 aromatic rings. The summed E-state index contributed by atoms with van der Waals surface area (Å²) in [5.41, 5.74) is -1.16. The summed E-state index contributed by atoms with van der Waals surface area (Å²) < 4.78 is 1.26. The van der Waals surface area contributed by atoms with Gasteiger partial charge in [0.1, 0.15) is 12.0 Å². The third-order valence-corrected chi connectivity index (χ3v) is 2.22. The quantitative estimate of drug-likeness (QED) is 0.441. The molecule has 0 atom stereocenters. The monoisotopic (exact) mass is 227 g/mol. The van der Waals surface area contributed by atoms with Crippen LogP contribution >= 0.6 is 0 Å². The van der Waals surface area contributed by atoms with Crippen LogP contribution in [-0.2, 0) is 6.54 Å². The molecule has 0 radical (unpaired) electrons. The van der Waals surface area contributed by atoms with E-state index < -0.39 is 16.2 Å². The van der Waals surface area contributed by atoms with Gasteiger partial charge in [-0.3, -0.25) is 19.5 Å². The van der Waals surface area contributed by atoms with E-state index >= 15 is 0 Å². The van der Waals surface area contributed by atoms with Crippen LogP contribution in [0.4, 0.5) is 5.69 Å². The SMILES string of the molecule is Cc1ncc([N+](=O)[O-])c(=O)n1CCCCO. The highest BCUT2D eigenvalue weighted by molar-refractivity contribution is 5.22. The van der Waals surface area contributed by atoms with Crippen LogP contribution in [0.1, 0.15) is 18.7 Å². The summed E-state index contributed by atoms with van der Waals surface area (Å²) >= 11 is 0. The lowest BCUT2D eigenvalue weighted by Gasteiger charge is -2.07. The van der Waals surface area contributed by atoms with Gasteiger partial charge in [-0.1, -0.05) is 0 Å². The fourth-order valence-electron chi connectivity index (χ4n) is 1.34. The molecule has 88 valence electrons. The molecule has 1 aromatic heterocycles. The average molecular weight is 227 g/mol. The summed E-state index contributed by atoms with van der Waals surface area (Å²) in [6.45, 7) is 1.99. The zero-order valence-corrected chi connectivity index (χ0v) is 8.92. The second kappa shape index (κ2) is 5.36. The Hall–Kier alpha value is -1.76. The number of aliphatic hydroxyl groups excluding tert-OH is 1. The lowest BCUT2D eigenvalue weighted by molar-refractivity contribution is -0.386. The van der Waals surface area contributed by atoms with Gasteiger partial charge < -0.3 is 5.11 Å². The molecule has 0 saturated heterocycles. The summed E-state index contributed by atoms with van der Waals surface area (Å²) in [6.07, 6.45) is 2.11. The van der Waals surface area contributed by atoms with Gasteiger partial charge in [0.15, 0.2) is 0 Å². The molecule has 0 aromatic carbocycles. The van der Waals surface area contributed by atoms with Gasteiger partial charge in [0.2, 0.25) is 0 Å². The van der Waals surface area contributed by atoms with Crippen molar-refractivity contribution in [3.05, 3.63) is 32.5 Å². The number of nitro groups is 1. The number of rotatable bonds is 5. The smallest absolute Gasteiger partial charge is 0.352 e. The molecule has 0 fully saturated rings. The highest BCUT2D eigenvalue weighted by Crippen LogP contribution is 2.03. The van der Waals surface area contributed by atoms with Gasteiger partial charge in [-0.05, 0) is 19.8 Å². The minimum Gasteiger partial charge on any atom is -0.396 e. The highest BCUT2D eigenvalue weighted by Gasteiger charge is 2.16. The van der Waals surface area contributed by atoms with Gasteiger partial charge in [-0.15, -0.1) is 0 Å². The van der Waals surface area contributed by atoms with Crippen LogP contribution in [-0.4, -0.2) is 26.2 Å². The molecule has 0 saturated carbocycles. The number of unbranched alkanes of at least 4 members (excludes halogenated alkanes) is 1. The second-order valence-corrected chi connectivity index (χ2v) is 3.34. The molecule has 1 N–H and O–H groups in total. The van der Waals surface area contributed by atoms with Gasteiger partial charge in [0.05, 0.1) is 4.92 Å². The molecular weight excluding hydrogens is 214 g/mol. The molecule has 0 unspecified atom stereocenters. The Labute approximate surface area is 91.5 Å². The van der Waals surface area contributed by atoms with Crippen molar-refractivity contribution in [1.82, 2.24) is 9.55 Å². The van der Waals surface area contributed by atoms with Gasteiger partial charge in [0, 0.05) is 13.2 Å². The summed E-state index contributed by atoms with van der Waals surface area (Å²) in [7, 11) is 0. The van der Waals surface area contributed by atoms with Gasteiger partial charge >= 0.3 is 11.2 Å². The van der Waals surface area contributed by atoms with E-state index in [2.05, 4.69) is 4.98 Å². The molecule has 0 aliphatic carbocycles. The Morgan fingerprint density at radius 1 is 1.56 bits per heavy atom. The van der Waals surface area contributed by atoms with Crippen molar-refractivity contribution in [3.63, 3.8) is 0 Å². The maximum atomic E-state index is 11.6. The summed E-state index contributed by atoms with van der Waals surface area (Å²) in [5, 5.41) is 19.1. The van der Waals surface area contributed by atoms with Crippen LogP contribution in [0.2, 0.25) is 0 Å². The summed E-state index contributed by atoms with van der Waals surface area (Å²) in [4.78, 5) is 25.2. The maximum absolute atomic E-state index is 11.6. The predicted molar refractivity (Wildman–Crippen MR) is 56.2 cm³/mol. The molecule has 0 aliphatic heterocycles. The van der Waals surface area contributed by atoms with E-state index in [9.17, 15) is 14.9 Å². The minimum absolute atomic E-state index is 0.0379. The molecule has 0 bridgehead atoms. The van der Waals surface area contributed by atoms with E-state index in [0.29, 0.717) is 25.2 Å². The van der Waals surface area contributed by atoms with E-state index in [-0.39, 0.29) is 6.61 Å². The van der Waals surface area contributed by atoms with Crippen LogP contribution in [0, 0.1) is 17.0 Å². The highest BCUT2D eigenvalue weighted by atomic mass is 16.6. The Balaban J connectivity index is 3.02. The number of aromatic nitrogens is 2. The first-order chi connectivity index (χ1) is 7.57. The lowest BCUT2D eigenvalue weighted by atomic mass is 10.3. The zero-order chi connectivity index (χ0) is 12.1. The minimum atomic E-state index is -0.739. The first-order valence-electron chi connectivity index (χ1n) is 4.89. The van der Waals surface area contributed by atoms with Crippen molar-refractivity contribution in [3.8, 4) is 0 Å². The van der Waals surface area contributed by atoms with Crippen LogP contribution < -0.4 is 5.56 Å². The van der Waals surface area contributed by atoms with Crippen molar-refractivity contribution in [1.29, 1.82) is 0 Å². The molecule has 1 heterocycles. The van der Waals surface area contributed by atoms with Crippen molar-refractivity contribution >= 4 is 5.69 Å². The van der Waals surface area contributed by atoms with E-state index in [0.717, 1.165) is 6.20 Å². The second-order valence-electron chi connectivity index (χ2n) is 3.34. The fourth-order valence-corrected chi connectivity index (χ4v) is 1.34. The zero-order valence-electron chi connectivity index (χ0n) is 8.92. The maximum Gasteiger partial charge on any atom is 0.352 e. The molecule has 1 rings (SSSR count). The van der Waals surface area contributed by atoms with Crippen molar-refractivity contribution < 1.29 is 10.0 Å². The normalized spacial score (nSPS) is 10.4. The van der Waals surface area contributed by atoms with Crippen LogP contribution in [0.15, 0.2) is 11.0 Å². The Morgan fingerprint density at radius 3 is 2.81 bits per heavy atom. The molecule has 7 nitrogen and oxygen atoms in total. The van der Waals surface area contributed by atoms with Crippen molar-refractivity contribution in [2.75, 3.05) is 6.61 Å². The van der Waals surface area contributed by atoms with Crippen molar-refractivity contribution in [2.45, 2.75) is 26.3 Å².